The van der Waals surface area contributed by atoms with Gasteiger partial charge in [0.05, 0.1) is 11.0 Å². The van der Waals surface area contributed by atoms with Crippen LogP contribution in [-0.4, -0.2) is 75.5 Å². The topological polar surface area (TPSA) is 96.0 Å². The molecule has 2 amide bonds. The number of nitrogens with one attached hydrogen (secondary N) is 1. The molecule has 2 aromatic carbocycles. The van der Waals surface area contributed by atoms with E-state index >= 15 is 0 Å². The highest BCUT2D eigenvalue weighted by atomic mass is 32.2. The molecule has 2 aliphatic heterocycles. The number of hydrogen-bond acceptors (Lipinski definition) is 5. The van der Waals surface area contributed by atoms with Gasteiger partial charge in [0.2, 0.25) is 10.0 Å². The lowest BCUT2D eigenvalue weighted by atomic mass is 10.1. The number of benzene rings is 2. The van der Waals surface area contributed by atoms with Gasteiger partial charge >= 0.3 is 0 Å². The van der Waals surface area contributed by atoms with E-state index in [1.807, 2.05) is 0 Å². The lowest BCUT2D eigenvalue weighted by Gasteiger charge is -2.35. The number of rotatable bonds is 6. The van der Waals surface area contributed by atoms with Crippen LogP contribution in [0.5, 0.6) is 0 Å². The Morgan fingerprint density at radius 1 is 0.970 bits per heavy atom. The van der Waals surface area contributed by atoms with Crippen molar-refractivity contribution in [2.45, 2.75) is 23.8 Å². The zero-order chi connectivity index (χ0) is 23.4. The monoisotopic (exact) mass is 475 g/mol. The second-order valence-corrected chi connectivity index (χ2v) is 9.87. The molecular formula is C23H26FN3O5S. The number of halogens is 1. The van der Waals surface area contributed by atoms with Crippen LogP contribution < -0.4 is 4.72 Å². The molecule has 1 atom stereocenters. The number of piperazine rings is 1. The van der Waals surface area contributed by atoms with E-state index in [2.05, 4.69) is 4.72 Å². The maximum atomic E-state index is 13.4. The number of ether oxygens (including phenoxy) is 1. The van der Waals surface area contributed by atoms with Crippen molar-refractivity contribution in [1.82, 2.24) is 14.5 Å². The number of carbonyl (C=O) groups is 2. The first kappa shape index (κ1) is 23.3. The van der Waals surface area contributed by atoms with Crippen LogP contribution in [0.2, 0.25) is 0 Å². The Kier molecular flexibility index (Phi) is 7.06. The number of sulfonamides is 1. The van der Waals surface area contributed by atoms with E-state index in [-0.39, 0.29) is 34.9 Å². The van der Waals surface area contributed by atoms with Gasteiger partial charge in [-0.05, 0) is 55.3 Å². The van der Waals surface area contributed by atoms with Gasteiger partial charge in [-0.15, -0.1) is 0 Å². The molecule has 0 aromatic heterocycles. The predicted octanol–water partition coefficient (Wildman–Crippen LogP) is 1.88. The molecule has 4 rings (SSSR count). The summed E-state index contributed by atoms with van der Waals surface area (Å²) in [5, 5.41) is 0. The first-order valence-electron chi connectivity index (χ1n) is 10.9. The van der Waals surface area contributed by atoms with Gasteiger partial charge in [0.25, 0.3) is 11.8 Å². The summed E-state index contributed by atoms with van der Waals surface area (Å²) >= 11 is 0. The molecule has 2 aromatic rings. The van der Waals surface area contributed by atoms with E-state index in [1.54, 1.807) is 15.9 Å². The van der Waals surface area contributed by atoms with Crippen LogP contribution >= 0.6 is 0 Å². The summed E-state index contributed by atoms with van der Waals surface area (Å²) in [6.45, 7) is 2.21. The van der Waals surface area contributed by atoms with Crippen LogP contribution in [0.15, 0.2) is 53.4 Å². The molecule has 0 saturated carbocycles. The Balaban J connectivity index is 1.32. The molecule has 2 aliphatic rings. The molecule has 0 aliphatic carbocycles. The van der Waals surface area contributed by atoms with Crippen molar-refractivity contribution in [2.75, 3.05) is 39.3 Å². The molecule has 1 N–H and O–H groups in total. The largest absolute Gasteiger partial charge is 0.377 e. The molecule has 0 radical (unpaired) electrons. The van der Waals surface area contributed by atoms with Gasteiger partial charge in [-0.3, -0.25) is 9.59 Å². The van der Waals surface area contributed by atoms with Crippen LogP contribution in [0.1, 0.15) is 33.6 Å². The Labute approximate surface area is 192 Å². The number of hydrogen-bond donors (Lipinski definition) is 1. The number of carbonyl (C=O) groups excluding carboxylic acids is 2. The van der Waals surface area contributed by atoms with Crippen LogP contribution in [0.3, 0.4) is 0 Å². The van der Waals surface area contributed by atoms with Gasteiger partial charge in [0.15, 0.2) is 0 Å². The smallest absolute Gasteiger partial charge is 0.254 e. The van der Waals surface area contributed by atoms with Crippen LogP contribution in [0, 0.1) is 5.82 Å². The van der Waals surface area contributed by atoms with Crippen LogP contribution in [-0.2, 0) is 14.8 Å². The van der Waals surface area contributed by atoms with Crippen molar-refractivity contribution in [3.63, 3.8) is 0 Å². The van der Waals surface area contributed by atoms with Crippen molar-refractivity contribution >= 4 is 21.8 Å². The fourth-order valence-electron chi connectivity index (χ4n) is 3.97. The maximum absolute atomic E-state index is 13.4. The molecule has 33 heavy (non-hydrogen) atoms. The molecule has 1 unspecified atom stereocenters. The summed E-state index contributed by atoms with van der Waals surface area (Å²) in [6.07, 6.45) is 1.65. The van der Waals surface area contributed by atoms with Gasteiger partial charge in [-0.1, -0.05) is 6.07 Å². The summed E-state index contributed by atoms with van der Waals surface area (Å²) < 4.78 is 46.4. The summed E-state index contributed by atoms with van der Waals surface area (Å²) in [5.41, 5.74) is 0.651. The molecule has 2 fully saturated rings. The summed E-state index contributed by atoms with van der Waals surface area (Å²) in [7, 11) is -3.69. The van der Waals surface area contributed by atoms with Crippen molar-refractivity contribution in [3.05, 3.63) is 65.5 Å². The lowest BCUT2D eigenvalue weighted by molar-refractivity contribution is 0.0535. The van der Waals surface area contributed by atoms with E-state index in [0.717, 1.165) is 12.8 Å². The highest BCUT2D eigenvalue weighted by Crippen LogP contribution is 2.16. The molecule has 0 bridgehead atoms. The third-order valence-corrected chi connectivity index (χ3v) is 7.30. The second kappa shape index (κ2) is 9.98. The first-order valence-corrected chi connectivity index (χ1v) is 12.4. The summed E-state index contributed by atoms with van der Waals surface area (Å²) in [4.78, 5) is 28.7. The first-order chi connectivity index (χ1) is 15.8. The van der Waals surface area contributed by atoms with Gasteiger partial charge < -0.3 is 14.5 Å². The Morgan fingerprint density at radius 3 is 2.18 bits per heavy atom. The van der Waals surface area contributed by atoms with E-state index in [9.17, 15) is 22.4 Å². The normalized spacial score (nSPS) is 19.0. The number of amides is 2. The molecule has 0 spiro atoms. The van der Waals surface area contributed by atoms with Crippen molar-refractivity contribution in [1.29, 1.82) is 0 Å². The van der Waals surface area contributed by atoms with Gasteiger partial charge in [0, 0.05) is 50.5 Å². The number of nitrogens with zero attached hydrogens (tertiary/aromatic N) is 2. The fraction of sp³-hybridized carbons (Fsp3) is 0.391. The predicted molar refractivity (Wildman–Crippen MR) is 119 cm³/mol. The van der Waals surface area contributed by atoms with Gasteiger partial charge in [-0.2, -0.15) is 0 Å². The van der Waals surface area contributed by atoms with Gasteiger partial charge in [-0.25, -0.2) is 17.5 Å². The lowest BCUT2D eigenvalue weighted by Crippen LogP contribution is -2.50. The summed E-state index contributed by atoms with van der Waals surface area (Å²) in [6, 6.07) is 11.3. The Morgan fingerprint density at radius 2 is 1.61 bits per heavy atom. The van der Waals surface area contributed by atoms with Crippen LogP contribution in [0.4, 0.5) is 4.39 Å². The highest BCUT2D eigenvalue weighted by Gasteiger charge is 2.26. The molecule has 176 valence electrons. The standard InChI is InChI=1S/C23H26FN3O5S/c24-19-4-1-3-18(15-19)23(29)27-12-10-26(11-13-27)22(28)17-6-8-21(9-7-17)33(30,31)25-16-20-5-2-14-32-20/h1,3-4,6-9,15,20,25H,2,5,10-14,16H2. The second-order valence-electron chi connectivity index (χ2n) is 8.11. The van der Waals surface area contributed by atoms with E-state index in [1.165, 1.54) is 42.5 Å². The summed E-state index contributed by atoms with van der Waals surface area (Å²) in [5.74, 6) is -0.974. The zero-order valence-corrected chi connectivity index (χ0v) is 18.9. The fourth-order valence-corrected chi connectivity index (χ4v) is 5.03. The van der Waals surface area contributed by atoms with E-state index in [4.69, 9.17) is 4.74 Å². The van der Waals surface area contributed by atoms with Crippen LogP contribution in [0.25, 0.3) is 0 Å². The third-order valence-electron chi connectivity index (χ3n) is 5.86. The average Bonchev–Trinajstić information content (AvgIpc) is 3.36. The maximum Gasteiger partial charge on any atom is 0.254 e. The molecular weight excluding hydrogens is 449 g/mol. The Bertz CT molecular complexity index is 1110. The Hall–Kier alpha value is -2.82. The van der Waals surface area contributed by atoms with Crippen molar-refractivity contribution < 1.29 is 27.1 Å². The van der Waals surface area contributed by atoms with E-state index < -0.39 is 15.8 Å². The minimum absolute atomic E-state index is 0.0857. The third kappa shape index (κ3) is 5.58. The molecule has 2 heterocycles. The van der Waals surface area contributed by atoms with Gasteiger partial charge in [0.1, 0.15) is 5.82 Å². The average molecular weight is 476 g/mol. The van der Waals surface area contributed by atoms with E-state index in [0.29, 0.717) is 38.3 Å². The van der Waals surface area contributed by atoms with Crippen molar-refractivity contribution in [2.24, 2.45) is 0 Å². The zero-order valence-electron chi connectivity index (χ0n) is 18.1. The highest BCUT2D eigenvalue weighted by molar-refractivity contribution is 7.89. The van der Waals surface area contributed by atoms with Crippen molar-refractivity contribution in [3.8, 4) is 0 Å². The SMILES string of the molecule is O=C(c1ccc(S(=O)(=O)NCC2CCCO2)cc1)N1CCN(C(=O)c2cccc(F)c2)CC1. The molecule has 2 saturated heterocycles. The minimum Gasteiger partial charge on any atom is -0.377 e. The quantitative estimate of drug-likeness (QED) is 0.688. The molecule has 10 heteroatoms. The minimum atomic E-state index is -3.69. The molecule has 8 nitrogen and oxygen atoms in total.